The van der Waals surface area contributed by atoms with Crippen LogP contribution in [0.15, 0.2) is 42.5 Å². The average molecular weight is 396 g/mol. The maximum atomic E-state index is 12.3. The van der Waals surface area contributed by atoms with Gasteiger partial charge in [-0.1, -0.05) is 6.07 Å². The van der Waals surface area contributed by atoms with Crippen LogP contribution in [-0.4, -0.2) is 37.4 Å². The number of ether oxygens (including phenoxy) is 1. The van der Waals surface area contributed by atoms with Crippen molar-refractivity contribution in [1.29, 1.82) is 0 Å². The Labute approximate surface area is 169 Å². The lowest BCUT2D eigenvalue weighted by Crippen LogP contribution is -2.26. The third-order valence-corrected chi connectivity index (χ3v) is 4.28. The van der Waals surface area contributed by atoms with Crippen LogP contribution in [0.25, 0.3) is 0 Å². The van der Waals surface area contributed by atoms with Gasteiger partial charge >= 0.3 is 0 Å². The van der Waals surface area contributed by atoms with Crippen LogP contribution in [0.3, 0.4) is 0 Å². The molecule has 8 heteroatoms. The molecule has 3 rings (SSSR count). The summed E-state index contributed by atoms with van der Waals surface area (Å²) in [6.07, 6.45) is 2.03. The van der Waals surface area contributed by atoms with Crippen molar-refractivity contribution in [3.8, 4) is 5.75 Å². The summed E-state index contributed by atoms with van der Waals surface area (Å²) in [6, 6.07) is 12.2. The van der Waals surface area contributed by atoms with Crippen molar-refractivity contribution in [2.45, 2.75) is 25.8 Å². The molecule has 2 aromatic carbocycles. The van der Waals surface area contributed by atoms with E-state index < -0.39 is 0 Å². The first-order valence-electron chi connectivity index (χ1n) is 9.35. The lowest BCUT2D eigenvalue weighted by molar-refractivity contribution is -0.115. The topological polar surface area (TPSA) is 109 Å². The summed E-state index contributed by atoms with van der Waals surface area (Å²) in [6.45, 7) is 1.40. The zero-order chi connectivity index (χ0) is 20.8. The van der Waals surface area contributed by atoms with Crippen LogP contribution < -0.4 is 26.0 Å². The Morgan fingerprint density at radius 1 is 1.03 bits per heavy atom. The van der Waals surface area contributed by atoms with E-state index in [1.54, 1.807) is 42.5 Å². The number of carbonyl (C=O) groups excluding carboxylic acids is 3. The van der Waals surface area contributed by atoms with Gasteiger partial charge in [-0.3, -0.25) is 14.4 Å². The van der Waals surface area contributed by atoms with Crippen LogP contribution in [0.4, 0.5) is 17.1 Å². The van der Waals surface area contributed by atoms with Gasteiger partial charge in [-0.2, -0.15) is 0 Å². The lowest BCUT2D eigenvalue weighted by atomic mass is 10.2. The molecule has 0 saturated heterocycles. The fourth-order valence-electron chi connectivity index (χ4n) is 2.74. The van der Waals surface area contributed by atoms with Crippen LogP contribution >= 0.6 is 0 Å². The highest BCUT2D eigenvalue weighted by atomic mass is 16.5. The van der Waals surface area contributed by atoms with Gasteiger partial charge in [-0.05, 0) is 49.2 Å². The van der Waals surface area contributed by atoms with Crippen molar-refractivity contribution in [3.63, 3.8) is 0 Å². The summed E-state index contributed by atoms with van der Waals surface area (Å²) in [4.78, 5) is 35.7. The molecule has 152 valence electrons. The number of rotatable bonds is 8. The second kappa shape index (κ2) is 9.09. The van der Waals surface area contributed by atoms with Crippen molar-refractivity contribution in [3.05, 3.63) is 48.0 Å². The molecule has 1 fully saturated rings. The SMILES string of the molecule is COc1ccc(NC(C)=O)cc1NCC(=O)Nc1cccc(C(=O)NC2CC2)c1. The van der Waals surface area contributed by atoms with E-state index in [1.807, 2.05) is 0 Å². The van der Waals surface area contributed by atoms with Crippen molar-refractivity contribution in [1.82, 2.24) is 5.32 Å². The fourth-order valence-corrected chi connectivity index (χ4v) is 2.74. The molecule has 0 heterocycles. The molecular weight excluding hydrogens is 372 g/mol. The summed E-state index contributed by atoms with van der Waals surface area (Å²) >= 11 is 0. The summed E-state index contributed by atoms with van der Waals surface area (Å²) in [5, 5.41) is 11.4. The molecule has 1 saturated carbocycles. The van der Waals surface area contributed by atoms with Crippen LogP contribution in [0.5, 0.6) is 5.75 Å². The van der Waals surface area contributed by atoms with E-state index in [-0.39, 0.29) is 30.3 Å². The molecule has 0 spiro atoms. The number of hydrogen-bond acceptors (Lipinski definition) is 5. The maximum Gasteiger partial charge on any atom is 0.251 e. The number of methoxy groups -OCH3 is 1. The van der Waals surface area contributed by atoms with Crippen LogP contribution in [0.1, 0.15) is 30.1 Å². The predicted octanol–water partition coefficient (Wildman–Crippen LogP) is 2.60. The minimum atomic E-state index is -0.281. The molecule has 0 unspecified atom stereocenters. The average Bonchev–Trinajstić information content (AvgIpc) is 3.50. The molecule has 29 heavy (non-hydrogen) atoms. The smallest absolute Gasteiger partial charge is 0.251 e. The highest BCUT2D eigenvalue weighted by Crippen LogP contribution is 2.27. The van der Waals surface area contributed by atoms with Crippen LogP contribution in [0.2, 0.25) is 0 Å². The standard InChI is InChI=1S/C21H24N4O4/c1-13(26)23-17-8-9-19(29-2)18(11-17)22-12-20(27)24-16-5-3-4-14(10-16)21(28)25-15-6-7-15/h3-5,8-11,15,22H,6-7,12H2,1-2H3,(H,23,26)(H,24,27)(H,25,28). The van der Waals surface area contributed by atoms with E-state index in [0.29, 0.717) is 28.4 Å². The minimum absolute atomic E-state index is 0.0155. The molecule has 0 radical (unpaired) electrons. The van der Waals surface area contributed by atoms with E-state index in [0.717, 1.165) is 12.8 Å². The predicted molar refractivity (Wildman–Crippen MR) is 111 cm³/mol. The van der Waals surface area contributed by atoms with E-state index >= 15 is 0 Å². The van der Waals surface area contributed by atoms with Gasteiger partial charge in [-0.15, -0.1) is 0 Å². The highest BCUT2D eigenvalue weighted by molar-refractivity contribution is 5.98. The molecule has 4 N–H and O–H groups in total. The molecule has 3 amide bonds. The normalized spacial score (nSPS) is 12.6. The Morgan fingerprint density at radius 2 is 1.79 bits per heavy atom. The van der Waals surface area contributed by atoms with Gasteiger partial charge in [0.1, 0.15) is 5.75 Å². The third kappa shape index (κ3) is 5.97. The summed E-state index contributed by atoms with van der Waals surface area (Å²) < 4.78 is 5.28. The number of benzene rings is 2. The second-order valence-electron chi connectivity index (χ2n) is 6.83. The van der Waals surface area contributed by atoms with E-state index in [1.165, 1.54) is 14.0 Å². The number of hydrogen-bond donors (Lipinski definition) is 4. The highest BCUT2D eigenvalue weighted by Gasteiger charge is 2.23. The monoisotopic (exact) mass is 396 g/mol. The summed E-state index contributed by atoms with van der Waals surface area (Å²) in [5.74, 6) is -0.0620. The zero-order valence-corrected chi connectivity index (χ0v) is 16.4. The van der Waals surface area contributed by atoms with Gasteiger partial charge in [0.15, 0.2) is 0 Å². The number of nitrogens with one attached hydrogen (secondary N) is 4. The van der Waals surface area contributed by atoms with Crippen molar-refractivity contribution in [2.75, 3.05) is 29.6 Å². The second-order valence-corrected chi connectivity index (χ2v) is 6.83. The Hall–Kier alpha value is -3.55. The molecule has 2 aromatic rings. The molecule has 0 bridgehead atoms. The summed E-state index contributed by atoms with van der Waals surface area (Å²) in [5.41, 5.74) is 2.22. The molecule has 0 aromatic heterocycles. The molecule has 0 atom stereocenters. The van der Waals surface area contributed by atoms with Gasteiger partial charge in [0, 0.05) is 29.9 Å². The molecule has 8 nitrogen and oxygen atoms in total. The fraction of sp³-hybridized carbons (Fsp3) is 0.286. The first kappa shape index (κ1) is 20.2. The zero-order valence-electron chi connectivity index (χ0n) is 16.4. The van der Waals surface area contributed by atoms with Gasteiger partial charge in [0.2, 0.25) is 11.8 Å². The van der Waals surface area contributed by atoms with E-state index in [4.69, 9.17) is 4.74 Å². The van der Waals surface area contributed by atoms with Crippen LogP contribution in [-0.2, 0) is 9.59 Å². The van der Waals surface area contributed by atoms with E-state index in [9.17, 15) is 14.4 Å². The molecular formula is C21H24N4O4. The Morgan fingerprint density at radius 3 is 2.48 bits per heavy atom. The molecule has 1 aliphatic rings. The number of carbonyl (C=O) groups is 3. The number of amides is 3. The molecule has 1 aliphatic carbocycles. The molecule has 0 aliphatic heterocycles. The van der Waals surface area contributed by atoms with Crippen molar-refractivity contribution in [2.24, 2.45) is 0 Å². The van der Waals surface area contributed by atoms with Crippen LogP contribution in [0, 0.1) is 0 Å². The quantitative estimate of drug-likeness (QED) is 0.548. The largest absolute Gasteiger partial charge is 0.495 e. The first-order valence-corrected chi connectivity index (χ1v) is 9.35. The van der Waals surface area contributed by atoms with Gasteiger partial charge in [0.05, 0.1) is 19.3 Å². The van der Waals surface area contributed by atoms with E-state index in [2.05, 4.69) is 21.3 Å². The van der Waals surface area contributed by atoms with Crippen molar-refractivity contribution < 1.29 is 19.1 Å². The Bertz CT molecular complexity index is 925. The lowest BCUT2D eigenvalue weighted by Gasteiger charge is -2.13. The van der Waals surface area contributed by atoms with Gasteiger partial charge in [-0.25, -0.2) is 0 Å². The summed E-state index contributed by atoms with van der Waals surface area (Å²) in [7, 11) is 1.52. The van der Waals surface area contributed by atoms with Crippen molar-refractivity contribution >= 4 is 34.8 Å². The van der Waals surface area contributed by atoms with Gasteiger partial charge in [0.25, 0.3) is 5.91 Å². The third-order valence-electron chi connectivity index (χ3n) is 4.28. The maximum absolute atomic E-state index is 12.3. The minimum Gasteiger partial charge on any atom is -0.495 e. The Kier molecular flexibility index (Phi) is 6.33. The Balaban J connectivity index is 1.59. The first-order chi connectivity index (χ1) is 13.9. The number of anilines is 3. The van der Waals surface area contributed by atoms with Gasteiger partial charge < -0.3 is 26.0 Å².